The fourth-order valence-corrected chi connectivity index (χ4v) is 4.92. The molecule has 0 aliphatic carbocycles. The van der Waals surface area contributed by atoms with Crippen LogP contribution in [0.3, 0.4) is 0 Å². The van der Waals surface area contributed by atoms with Crippen molar-refractivity contribution in [1.82, 2.24) is 19.6 Å². The Morgan fingerprint density at radius 3 is 2.58 bits per heavy atom. The van der Waals surface area contributed by atoms with E-state index in [1.165, 1.54) is 4.40 Å². The first-order valence-electron chi connectivity index (χ1n) is 10.2. The summed E-state index contributed by atoms with van der Waals surface area (Å²) in [6.45, 7) is 2.26. The highest BCUT2D eigenvalue weighted by Crippen LogP contribution is 2.31. The number of pyridine rings is 1. The molecule has 1 saturated heterocycles. The van der Waals surface area contributed by atoms with Gasteiger partial charge in [-0.05, 0) is 44.1 Å². The van der Waals surface area contributed by atoms with E-state index in [1.807, 2.05) is 24.3 Å². The molecule has 164 valence electrons. The van der Waals surface area contributed by atoms with Crippen molar-refractivity contribution in [2.75, 3.05) is 33.0 Å². The van der Waals surface area contributed by atoms with Gasteiger partial charge in [0, 0.05) is 24.6 Å². The van der Waals surface area contributed by atoms with Crippen molar-refractivity contribution in [3.8, 4) is 5.75 Å². The lowest BCUT2D eigenvalue weighted by Gasteiger charge is -2.29. The summed E-state index contributed by atoms with van der Waals surface area (Å²) in [7, 11) is -1.95. The third kappa shape index (κ3) is 4.28. The van der Waals surface area contributed by atoms with Gasteiger partial charge in [-0.2, -0.15) is 0 Å². The number of benzene rings is 1. The number of nitrogens with one attached hydrogen (secondary N) is 1. The summed E-state index contributed by atoms with van der Waals surface area (Å²) in [6, 6.07) is 12.9. The predicted molar refractivity (Wildman–Crippen MR) is 117 cm³/mol. The largest absolute Gasteiger partial charge is 0.496 e. The van der Waals surface area contributed by atoms with E-state index in [4.69, 9.17) is 4.74 Å². The van der Waals surface area contributed by atoms with Gasteiger partial charge in [0.15, 0.2) is 5.69 Å². The Morgan fingerprint density at radius 1 is 1.16 bits per heavy atom. The van der Waals surface area contributed by atoms with Gasteiger partial charge in [0.1, 0.15) is 5.75 Å². The maximum Gasteiger partial charge on any atom is 0.272 e. The summed E-state index contributed by atoms with van der Waals surface area (Å²) >= 11 is 0. The number of methoxy groups -OCH3 is 1. The first-order chi connectivity index (χ1) is 14.9. The number of carbonyl (C=O) groups is 1. The normalized spacial score (nSPS) is 15.8. The van der Waals surface area contributed by atoms with Crippen molar-refractivity contribution in [2.45, 2.75) is 24.0 Å². The number of ether oxygens (including phenoxy) is 1. The zero-order valence-corrected chi connectivity index (χ0v) is 18.4. The van der Waals surface area contributed by atoms with Gasteiger partial charge in [-0.25, -0.2) is 13.4 Å². The second-order valence-corrected chi connectivity index (χ2v) is 9.59. The van der Waals surface area contributed by atoms with Gasteiger partial charge < -0.3 is 10.1 Å². The highest BCUT2D eigenvalue weighted by molar-refractivity contribution is 7.90. The number of nitrogens with zero attached hydrogens (tertiary/aromatic N) is 3. The molecule has 2 aromatic heterocycles. The average molecular weight is 443 g/mol. The number of hydrogen-bond donors (Lipinski definition) is 1. The van der Waals surface area contributed by atoms with Gasteiger partial charge in [0.05, 0.1) is 18.7 Å². The molecule has 1 atom stereocenters. The smallest absolute Gasteiger partial charge is 0.272 e. The summed E-state index contributed by atoms with van der Waals surface area (Å²) in [5.41, 5.74) is 1.57. The summed E-state index contributed by atoms with van der Waals surface area (Å²) in [6.07, 6.45) is 4.91. The summed E-state index contributed by atoms with van der Waals surface area (Å²) < 4.78 is 31.3. The van der Waals surface area contributed by atoms with Crippen LogP contribution in [0.1, 0.15) is 34.9 Å². The van der Waals surface area contributed by atoms with E-state index in [0.717, 1.165) is 43.5 Å². The molecule has 0 bridgehead atoms. The summed E-state index contributed by atoms with van der Waals surface area (Å²) in [4.78, 5) is 19.6. The van der Waals surface area contributed by atoms with E-state index < -0.39 is 15.7 Å². The fourth-order valence-electron chi connectivity index (χ4n) is 4.14. The van der Waals surface area contributed by atoms with Crippen molar-refractivity contribution in [1.29, 1.82) is 0 Å². The summed E-state index contributed by atoms with van der Waals surface area (Å²) in [5, 5.41) is 2.83. The molecule has 1 N–H and O–H groups in total. The van der Waals surface area contributed by atoms with Crippen LogP contribution in [0.2, 0.25) is 0 Å². The van der Waals surface area contributed by atoms with Gasteiger partial charge in [0.25, 0.3) is 5.91 Å². The second-order valence-electron chi connectivity index (χ2n) is 7.68. The molecular formula is C22H26N4O4S. The Morgan fingerprint density at radius 2 is 1.87 bits per heavy atom. The lowest BCUT2D eigenvalue weighted by atomic mass is 10.0. The second kappa shape index (κ2) is 8.68. The van der Waals surface area contributed by atoms with Crippen molar-refractivity contribution in [3.05, 3.63) is 59.9 Å². The first kappa shape index (κ1) is 21.3. The van der Waals surface area contributed by atoms with Gasteiger partial charge in [-0.1, -0.05) is 24.3 Å². The van der Waals surface area contributed by atoms with Crippen LogP contribution in [-0.4, -0.2) is 61.6 Å². The van der Waals surface area contributed by atoms with Crippen LogP contribution < -0.4 is 10.1 Å². The van der Waals surface area contributed by atoms with Gasteiger partial charge in [0.2, 0.25) is 15.0 Å². The standard InChI is InChI=1S/C22H26N4O4S/c1-30-19-11-4-3-9-16(19)18(25-12-7-8-13-25)15-23-21(27)20-17-10-5-6-14-26(17)22(24-20)31(2,28)29/h3-6,9-11,14,18H,7-8,12-13,15H2,1-2H3,(H,23,27). The molecule has 3 aromatic rings. The van der Waals surface area contributed by atoms with Crippen LogP contribution in [-0.2, 0) is 9.84 Å². The molecule has 0 radical (unpaired) electrons. The van der Waals surface area contributed by atoms with Crippen LogP contribution in [0, 0.1) is 0 Å². The maximum absolute atomic E-state index is 13.1. The Hall–Kier alpha value is -2.91. The number of amides is 1. The molecule has 1 amide bonds. The molecule has 0 spiro atoms. The van der Waals surface area contributed by atoms with Crippen molar-refractivity contribution in [3.63, 3.8) is 0 Å². The molecule has 3 heterocycles. The van der Waals surface area contributed by atoms with Crippen molar-refractivity contribution < 1.29 is 17.9 Å². The fraction of sp³-hybridized carbons (Fsp3) is 0.364. The van der Waals surface area contributed by atoms with E-state index in [1.54, 1.807) is 31.5 Å². The van der Waals surface area contributed by atoms with Crippen LogP contribution >= 0.6 is 0 Å². The number of likely N-dealkylation sites (tertiary alicyclic amines) is 1. The van der Waals surface area contributed by atoms with E-state index in [-0.39, 0.29) is 16.9 Å². The monoisotopic (exact) mass is 442 g/mol. The minimum absolute atomic E-state index is 0.0501. The number of hydrogen-bond acceptors (Lipinski definition) is 6. The highest BCUT2D eigenvalue weighted by Gasteiger charge is 2.28. The molecule has 9 heteroatoms. The highest BCUT2D eigenvalue weighted by atomic mass is 32.2. The minimum atomic E-state index is -3.59. The van der Waals surface area contributed by atoms with Gasteiger partial charge in [-0.15, -0.1) is 0 Å². The molecule has 31 heavy (non-hydrogen) atoms. The zero-order valence-electron chi connectivity index (χ0n) is 17.6. The van der Waals surface area contributed by atoms with E-state index in [9.17, 15) is 13.2 Å². The van der Waals surface area contributed by atoms with Crippen LogP contribution in [0.25, 0.3) is 5.52 Å². The Balaban J connectivity index is 1.63. The number of aromatic nitrogens is 2. The Kier molecular flexibility index (Phi) is 5.97. The molecular weight excluding hydrogens is 416 g/mol. The average Bonchev–Trinajstić information content (AvgIpc) is 3.42. The number of rotatable bonds is 7. The van der Waals surface area contributed by atoms with Gasteiger partial charge in [-0.3, -0.25) is 14.1 Å². The molecule has 1 fully saturated rings. The quantitative estimate of drug-likeness (QED) is 0.604. The van der Waals surface area contributed by atoms with Crippen molar-refractivity contribution in [2.24, 2.45) is 0 Å². The molecule has 0 saturated carbocycles. The molecule has 1 aliphatic rings. The van der Waals surface area contributed by atoms with Crippen LogP contribution in [0.5, 0.6) is 5.75 Å². The number of imidazole rings is 1. The molecule has 1 aliphatic heterocycles. The summed E-state index contributed by atoms with van der Waals surface area (Å²) in [5.74, 6) is 0.373. The SMILES string of the molecule is COc1ccccc1C(CNC(=O)c1nc(S(C)(=O)=O)n2ccccc12)N1CCCC1. The van der Waals surface area contributed by atoms with Crippen molar-refractivity contribution >= 4 is 21.3 Å². The molecule has 8 nitrogen and oxygen atoms in total. The lowest BCUT2D eigenvalue weighted by molar-refractivity contribution is 0.0934. The minimum Gasteiger partial charge on any atom is -0.496 e. The van der Waals surface area contributed by atoms with E-state index >= 15 is 0 Å². The number of carbonyl (C=O) groups excluding carboxylic acids is 1. The zero-order chi connectivity index (χ0) is 22.0. The molecule has 1 aromatic carbocycles. The third-order valence-corrected chi connectivity index (χ3v) is 6.55. The van der Waals surface area contributed by atoms with Crippen LogP contribution in [0.4, 0.5) is 0 Å². The molecule has 4 rings (SSSR count). The predicted octanol–water partition coefficient (Wildman–Crippen LogP) is 2.31. The van der Waals surface area contributed by atoms with E-state index in [0.29, 0.717) is 12.1 Å². The van der Waals surface area contributed by atoms with Gasteiger partial charge >= 0.3 is 0 Å². The number of sulfone groups is 1. The number of para-hydroxylation sites is 1. The Labute approximate surface area is 181 Å². The van der Waals surface area contributed by atoms with E-state index in [2.05, 4.69) is 15.2 Å². The number of fused-ring (bicyclic) bond motifs is 1. The first-order valence-corrected chi connectivity index (χ1v) is 12.1. The Bertz CT molecular complexity index is 1200. The topological polar surface area (TPSA) is 93.0 Å². The lowest BCUT2D eigenvalue weighted by Crippen LogP contribution is -2.37. The molecule has 1 unspecified atom stereocenters. The maximum atomic E-state index is 13.1. The third-order valence-electron chi connectivity index (χ3n) is 5.60. The van der Waals surface area contributed by atoms with Crippen LogP contribution in [0.15, 0.2) is 53.8 Å².